The van der Waals surface area contributed by atoms with Crippen molar-refractivity contribution in [3.05, 3.63) is 0 Å². The minimum Gasteiger partial charge on any atom is -0.480 e. The average molecular weight is 1270 g/mol. The van der Waals surface area contributed by atoms with Crippen LogP contribution in [0.4, 0.5) is 0 Å². The fourth-order valence-corrected chi connectivity index (χ4v) is 9.10. The normalized spacial score (nSPS) is 14.0. The van der Waals surface area contributed by atoms with E-state index in [9.17, 15) is 48.3 Å². The van der Waals surface area contributed by atoms with Crippen LogP contribution >= 0.6 is 11.8 Å². The highest BCUT2D eigenvalue weighted by atomic mass is 32.2. The number of guanidine groups is 4. The Hall–Kier alpha value is -7.50. The van der Waals surface area contributed by atoms with Crippen molar-refractivity contribution in [2.75, 3.05) is 57.8 Å². The molecule has 35 heteroatoms. The number of carboxylic acids is 1. The van der Waals surface area contributed by atoms with Crippen molar-refractivity contribution in [3.63, 3.8) is 0 Å². The number of hydrogen-bond acceptors (Lipinski definition) is 18. The van der Waals surface area contributed by atoms with E-state index in [1.54, 1.807) is 20.1 Å². The van der Waals surface area contributed by atoms with E-state index in [2.05, 4.69) is 62.5 Å². The number of unbranched alkanes of at least 4 members (excludes halogenated alkanes) is 3. The lowest BCUT2D eigenvalue weighted by Crippen LogP contribution is -2.60. The highest BCUT2D eigenvalue weighted by Crippen LogP contribution is 2.13. The number of nitrogens with two attached hydrogens (primary N) is 12. The molecule has 0 heterocycles. The predicted molar refractivity (Wildman–Crippen MR) is 342 cm³/mol. The van der Waals surface area contributed by atoms with Crippen molar-refractivity contribution in [3.8, 4) is 0 Å². The first kappa shape index (κ1) is 80.5. The van der Waals surface area contributed by atoms with Crippen LogP contribution in [0.15, 0.2) is 20.0 Å². The Balaban J connectivity index is 7.08. The second-order valence-electron chi connectivity index (χ2n) is 21.5. The summed E-state index contributed by atoms with van der Waals surface area (Å²) >= 11 is 1.39. The van der Waals surface area contributed by atoms with Gasteiger partial charge >= 0.3 is 5.97 Å². The molecule has 88 heavy (non-hydrogen) atoms. The summed E-state index contributed by atoms with van der Waals surface area (Å²) < 4.78 is 0. The highest BCUT2D eigenvalue weighted by Gasteiger charge is 2.35. The molecule has 0 aliphatic heterocycles. The first-order chi connectivity index (χ1) is 41.7. The second kappa shape index (κ2) is 47.6. The minimum atomic E-state index is -1.37. The SMILES string of the molecule is CSCC[C@H](NC(=O)[C@H](CCCN=C(N)N)NC(=O)[C@@H](N)CCCN=C(N)N)C(=O)N[C@@H](CCCCN)C(=O)N[C@@H](CCCCN)C(=O)N[C@@H](CC(C)C)C(=O)N[C@@H](CCCN=C(N)N)C(=O)N[C@@H](CCCN=C(N)N)C(=O)N[C@@H](CCCCN)C(=O)O. The van der Waals surface area contributed by atoms with Crippen molar-refractivity contribution in [2.45, 2.75) is 190 Å². The largest absolute Gasteiger partial charge is 0.480 e. The van der Waals surface area contributed by atoms with Gasteiger partial charge in [0.15, 0.2) is 23.8 Å². The molecule has 9 atom stereocenters. The van der Waals surface area contributed by atoms with Crippen LogP contribution in [0, 0.1) is 5.92 Å². The van der Waals surface area contributed by atoms with Crippen molar-refractivity contribution in [1.82, 2.24) is 42.5 Å². The van der Waals surface area contributed by atoms with E-state index < -0.39 is 108 Å². The number of thioether (sulfide) groups is 1. The van der Waals surface area contributed by atoms with Gasteiger partial charge in [-0.25, -0.2) is 4.79 Å². The molecule has 0 aliphatic carbocycles. The molecule has 34 nitrogen and oxygen atoms in total. The van der Waals surface area contributed by atoms with E-state index in [4.69, 9.17) is 68.8 Å². The van der Waals surface area contributed by atoms with Crippen LogP contribution < -0.4 is 111 Å². The summed E-state index contributed by atoms with van der Waals surface area (Å²) in [5.41, 5.74) is 67.3. The summed E-state index contributed by atoms with van der Waals surface area (Å²) in [6.07, 6.45) is 5.57. The van der Waals surface area contributed by atoms with Gasteiger partial charge in [0, 0.05) is 26.2 Å². The lowest BCUT2D eigenvalue weighted by molar-refractivity contribution is -0.142. The number of hydrogen-bond donors (Lipinski definition) is 21. The zero-order valence-electron chi connectivity index (χ0n) is 51.6. The van der Waals surface area contributed by atoms with Crippen LogP contribution in [0.1, 0.15) is 136 Å². The zero-order valence-corrected chi connectivity index (χ0v) is 52.4. The molecule has 0 rings (SSSR count). The summed E-state index contributed by atoms with van der Waals surface area (Å²) in [6.45, 7) is 4.83. The fraction of sp³-hybridized carbons (Fsp3) is 0.755. The molecule has 0 spiro atoms. The van der Waals surface area contributed by atoms with Gasteiger partial charge in [-0.3, -0.25) is 58.3 Å². The second-order valence-corrected chi connectivity index (χ2v) is 22.5. The van der Waals surface area contributed by atoms with Crippen LogP contribution in [0.5, 0.6) is 0 Å². The standard InChI is InChI=1S/C53H106N24O10S/c1-31(2)30-40(48(85)74-36(19-12-27-68-52(62)63)44(81)73-37(20-13-28-69-53(64)65)45(82)76-39(49(86)87)17-6-9-24-56)77-46(83)34(16-5-8-23-55)71-42(79)33(15-4-7-22-54)72-47(84)38(21-29-88-3)75-43(80)35(18-11-26-67-51(60)61)70-41(78)32(57)14-10-25-66-50(58)59/h31-40H,4-30,54-57H2,1-3H3,(H,70,78)(H,71,79)(H,72,84)(H,73,81)(H,74,85)(H,75,80)(H,76,82)(H,77,83)(H,86,87)(H4,58,59,66)(H4,60,61,67)(H4,62,63,68)(H4,64,65,69)/t32-,33-,34-,35-,36-,37-,38-,39-,40-/m0/s1. The molecule has 0 saturated heterocycles. The Labute approximate surface area is 520 Å². The highest BCUT2D eigenvalue weighted by molar-refractivity contribution is 7.98. The van der Waals surface area contributed by atoms with E-state index in [1.165, 1.54) is 11.8 Å². The number of carbonyl (C=O) groups excluding carboxylic acids is 8. The zero-order chi connectivity index (χ0) is 66.6. The molecule has 504 valence electrons. The number of rotatable bonds is 50. The third-order valence-electron chi connectivity index (χ3n) is 13.3. The quantitative estimate of drug-likeness (QED) is 0.0153. The molecule has 0 aromatic heterocycles. The topological polar surface area (TPSA) is 632 Å². The van der Waals surface area contributed by atoms with Gasteiger partial charge in [0.2, 0.25) is 47.3 Å². The summed E-state index contributed by atoms with van der Waals surface area (Å²) in [5, 5.41) is 31.5. The Morgan fingerprint density at radius 1 is 0.364 bits per heavy atom. The third kappa shape index (κ3) is 37.9. The Kier molecular flexibility index (Phi) is 43.5. The van der Waals surface area contributed by atoms with Crippen LogP contribution in [-0.4, -0.2) is 194 Å². The number of amides is 8. The van der Waals surface area contributed by atoms with Crippen molar-refractivity contribution >= 4 is 88.8 Å². The average Bonchev–Trinajstić information content (AvgIpc) is 3.67. The first-order valence-corrected chi connectivity index (χ1v) is 31.3. The van der Waals surface area contributed by atoms with E-state index in [0.717, 1.165) is 0 Å². The molecule has 0 bridgehead atoms. The molecule has 0 aromatic carbocycles. The number of aliphatic imine (C=N–C) groups is 4. The van der Waals surface area contributed by atoms with Gasteiger partial charge in [0.25, 0.3) is 0 Å². The van der Waals surface area contributed by atoms with Gasteiger partial charge in [-0.2, -0.15) is 11.8 Å². The van der Waals surface area contributed by atoms with Gasteiger partial charge < -0.3 is 116 Å². The minimum absolute atomic E-state index is 0.0359. The third-order valence-corrected chi connectivity index (χ3v) is 14.0. The molecule has 0 fully saturated rings. The van der Waals surface area contributed by atoms with E-state index in [1.807, 2.05) is 0 Å². The van der Waals surface area contributed by atoms with E-state index in [-0.39, 0.29) is 146 Å². The van der Waals surface area contributed by atoms with Gasteiger partial charge in [0.05, 0.1) is 6.04 Å². The Morgan fingerprint density at radius 2 is 0.614 bits per heavy atom. The van der Waals surface area contributed by atoms with Gasteiger partial charge in [0.1, 0.15) is 48.3 Å². The Bertz CT molecular complexity index is 2250. The predicted octanol–water partition coefficient (Wildman–Crippen LogP) is -6.32. The number of nitrogens with zero attached hydrogens (tertiary/aromatic N) is 4. The first-order valence-electron chi connectivity index (χ1n) is 29.9. The Morgan fingerprint density at radius 3 is 0.898 bits per heavy atom. The lowest BCUT2D eigenvalue weighted by atomic mass is 10.00. The maximum atomic E-state index is 14.5. The molecule has 8 amide bonds. The maximum Gasteiger partial charge on any atom is 0.326 e. The monoisotopic (exact) mass is 1270 g/mol. The molecular weight excluding hydrogens is 1160 g/mol. The summed E-state index contributed by atoms with van der Waals surface area (Å²) in [4.78, 5) is 141. The van der Waals surface area contributed by atoms with Crippen molar-refractivity contribution in [1.29, 1.82) is 0 Å². The summed E-state index contributed by atoms with van der Waals surface area (Å²) in [7, 11) is 0. The molecule has 33 N–H and O–H groups in total. The van der Waals surface area contributed by atoms with E-state index in [0.29, 0.717) is 57.2 Å². The lowest BCUT2D eigenvalue weighted by Gasteiger charge is -2.29. The summed E-state index contributed by atoms with van der Waals surface area (Å²) in [5.74, 6) is -8.03. The van der Waals surface area contributed by atoms with Gasteiger partial charge in [-0.05, 0) is 160 Å². The molecule has 0 unspecified atom stereocenters. The molecular formula is C53H106N24O10S. The number of nitrogens with one attached hydrogen (secondary N) is 8. The van der Waals surface area contributed by atoms with Crippen LogP contribution in [0.2, 0.25) is 0 Å². The van der Waals surface area contributed by atoms with Gasteiger partial charge in [-0.1, -0.05) is 13.8 Å². The molecule has 0 aromatic rings. The van der Waals surface area contributed by atoms with Crippen molar-refractivity contribution < 1.29 is 48.3 Å². The molecule has 0 saturated carbocycles. The van der Waals surface area contributed by atoms with Crippen LogP contribution in [-0.2, 0) is 43.2 Å². The summed E-state index contributed by atoms with van der Waals surface area (Å²) in [6, 6.07) is -11.4. The molecule has 0 aliphatic rings. The van der Waals surface area contributed by atoms with E-state index >= 15 is 0 Å². The van der Waals surface area contributed by atoms with Gasteiger partial charge in [-0.15, -0.1) is 0 Å². The number of carboxylic acid groups (broad SMARTS) is 1. The fourth-order valence-electron chi connectivity index (χ4n) is 8.63. The van der Waals surface area contributed by atoms with Crippen molar-refractivity contribution in [2.24, 2.45) is 94.7 Å². The molecule has 0 radical (unpaired) electrons. The maximum absolute atomic E-state index is 14.5. The number of carbonyl (C=O) groups is 9. The van der Waals surface area contributed by atoms with Crippen LogP contribution in [0.25, 0.3) is 0 Å². The van der Waals surface area contributed by atoms with Crippen LogP contribution in [0.3, 0.4) is 0 Å². The smallest absolute Gasteiger partial charge is 0.326 e. The number of aliphatic carboxylic acids is 1.